The van der Waals surface area contributed by atoms with Crippen molar-refractivity contribution in [2.75, 3.05) is 5.73 Å². The van der Waals surface area contributed by atoms with E-state index < -0.39 is 0 Å². The Hall–Kier alpha value is -2.46. The van der Waals surface area contributed by atoms with E-state index in [0.29, 0.717) is 12.4 Å². The van der Waals surface area contributed by atoms with E-state index in [1.807, 2.05) is 42.5 Å². The number of hydrogen-bond acceptors (Lipinski definition) is 4. The summed E-state index contributed by atoms with van der Waals surface area (Å²) in [6.07, 6.45) is 1.49. The molecule has 1 aromatic heterocycles. The molecule has 0 aliphatic carbocycles. The normalized spacial score (nSPS) is 10.8. The molecule has 4 heteroatoms. The zero-order valence-electron chi connectivity index (χ0n) is 10.4. The van der Waals surface area contributed by atoms with E-state index in [1.54, 1.807) is 0 Å². The Labute approximate surface area is 111 Å². The van der Waals surface area contributed by atoms with Crippen molar-refractivity contribution >= 4 is 16.7 Å². The van der Waals surface area contributed by atoms with E-state index in [0.717, 1.165) is 27.6 Å². The second kappa shape index (κ2) is 4.66. The van der Waals surface area contributed by atoms with E-state index in [1.165, 1.54) is 6.33 Å². The Bertz CT molecular complexity index is 715. The molecule has 2 aromatic carbocycles. The first-order chi connectivity index (χ1) is 9.29. The summed E-state index contributed by atoms with van der Waals surface area (Å²) in [5.41, 5.74) is 15.7. The Balaban J connectivity index is 2.24. The number of aromatic nitrogens is 2. The molecule has 19 heavy (non-hydrogen) atoms. The van der Waals surface area contributed by atoms with Crippen molar-refractivity contribution in [1.29, 1.82) is 0 Å². The topological polar surface area (TPSA) is 77.8 Å². The van der Waals surface area contributed by atoms with Crippen LogP contribution in [0.4, 0.5) is 5.82 Å². The van der Waals surface area contributed by atoms with Crippen molar-refractivity contribution in [3.8, 4) is 11.1 Å². The summed E-state index contributed by atoms with van der Waals surface area (Å²) in [5.74, 6) is 0.503. The van der Waals surface area contributed by atoms with Crippen LogP contribution >= 0.6 is 0 Å². The fourth-order valence-corrected chi connectivity index (χ4v) is 2.20. The van der Waals surface area contributed by atoms with Crippen LogP contribution in [-0.2, 0) is 6.54 Å². The predicted octanol–water partition coefficient (Wildman–Crippen LogP) is 2.34. The molecule has 1 heterocycles. The molecule has 94 valence electrons. The van der Waals surface area contributed by atoms with E-state index >= 15 is 0 Å². The molecule has 0 unspecified atom stereocenters. The molecule has 0 aliphatic rings. The highest BCUT2D eigenvalue weighted by Crippen LogP contribution is 2.30. The first-order valence-electron chi connectivity index (χ1n) is 6.08. The van der Waals surface area contributed by atoms with E-state index in [4.69, 9.17) is 11.5 Å². The molecule has 4 nitrogen and oxygen atoms in total. The maximum Gasteiger partial charge on any atom is 0.135 e. The van der Waals surface area contributed by atoms with Crippen LogP contribution in [0.25, 0.3) is 22.0 Å². The average molecular weight is 250 g/mol. The van der Waals surface area contributed by atoms with Crippen LogP contribution in [0.3, 0.4) is 0 Å². The fraction of sp³-hybridized carbons (Fsp3) is 0.0667. The molecule has 3 rings (SSSR count). The minimum atomic E-state index is 0.503. The fourth-order valence-electron chi connectivity index (χ4n) is 2.20. The number of nitrogens with two attached hydrogens (primary N) is 2. The summed E-state index contributed by atoms with van der Waals surface area (Å²) in [6, 6.07) is 14.1. The van der Waals surface area contributed by atoms with Gasteiger partial charge in [0.1, 0.15) is 12.1 Å². The lowest BCUT2D eigenvalue weighted by Gasteiger charge is -2.08. The molecule has 0 amide bonds. The van der Waals surface area contributed by atoms with Gasteiger partial charge in [0.15, 0.2) is 0 Å². The van der Waals surface area contributed by atoms with E-state index in [-0.39, 0.29) is 0 Å². The summed E-state index contributed by atoms with van der Waals surface area (Å²) in [4.78, 5) is 8.32. The summed E-state index contributed by atoms with van der Waals surface area (Å²) in [5, 5.41) is 0.894. The van der Waals surface area contributed by atoms with Gasteiger partial charge >= 0.3 is 0 Å². The van der Waals surface area contributed by atoms with Gasteiger partial charge in [-0.2, -0.15) is 0 Å². The smallest absolute Gasteiger partial charge is 0.135 e. The van der Waals surface area contributed by atoms with Gasteiger partial charge in [-0.05, 0) is 22.8 Å². The Morgan fingerprint density at radius 3 is 2.47 bits per heavy atom. The van der Waals surface area contributed by atoms with Crippen molar-refractivity contribution < 1.29 is 0 Å². The monoisotopic (exact) mass is 250 g/mol. The Morgan fingerprint density at radius 1 is 0.947 bits per heavy atom. The van der Waals surface area contributed by atoms with Crippen LogP contribution in [0, 0.1) is 0 Å². The molecule has 4 N–H and O–H groups in total. The summed E-state index contributed by atoms with van der Waals surface area (Å²) in [7, 11) is 0. The first kappa shape index (κ1) is 11.6. The van der Waals surface area contributed by atoms with Crippen molar-refractivity contribution in [2.24, 2.45) is 5.73 Å². The van der Waals surface area contributed by atoms with Gasteiger partial charge in [0.2, 0.25) is 0 Å². The molecule has 0 saturated carbocycles. The largest absolute Gasteiger partial charge is 0.383 e. The molecule has 0 spiro atoms. The minimum absolute atomic E-state index is 0.503. The van der Waals surface area contributed by atoms with Gasteiger partial charge in [0, 0.05) is 6.54 Å². The van der Waals surface area contributed by atoms with Crippen LogP contribution in [0.2, 0.25) is 0 Å². The van der Waals surface area contributed by atoms with Gasteiger partial charge in [0.05, 0.1) is 10.9 Å². The first-order valence-corrected chi connectivity index (χ1v) is 6.08. The number of nitrogen functional groups attached to an aromatic ring is 1. The highest BCUT2D eigenvalue weighted by molar-refractivity contribution is 6.00. The quantitative estimate of drug-likeness (QED) is 0.731. The average Bonchev–Trinajstić information content (AvgIpc) is 2.47. The van der Waals surface area contributed by atoms with Crippen LogP contribution in [0.5, 0.6) is 0 Å². The van der Waals surface area contributed by atoms with Gasteiger partial charge < -0.3 is 11.5 Å². The van der Waals surface area contributed by atoms with Crippen LogP contribution in [0.15, 0.2) is 48.8 Å². The third-order valence-corrected chi connectivity index (χ3v) is 3.19. The van der Waals surface area contributed by atoms with Gasteiger partial charge in [-0.25, -0.2) is 9.97 Å². The maximum atomic E-state index is 5.98. The van der Waals surface area contributed by atoms with Gasteiger partial charge in [-0.3, -0.25) is 0 Å². The highest BCUT2D eigenvalue weighted by atomic mass is 14.9. The van der Waals surface area contributed by atoms with Crippen LogP contribution in [-0.4, -0.2) is 9.97 Å². The standard InChI is InChI=1S/C15H14N4/c16-8-10-4-6-11(7-5-10)12-2-1-3-13-14(12)15(17)19-9-18-13/h1-7,9H,8,16H2,(H2,17,18,19). The van der Waals surface area contributed by atoms with Crippen molar-refractivity contribution in [3.63, 3.8) is 0 Å². The van der Waals surface area contributed by atoms with E-state index in [2.05, 4.69) is 9.97 Å². The van der Waals surface area contributed by atoms with Crippen molar-refractivity contribution in [1.82, 2.24) is 9.97 Å². The lowest BCUT2D eigenvalue weighted by molar-refractivity contribution is 1.07. The van der Waals surface area contributed by atoms with Gasteiger partial charge in [-0.15, -0.1) is 0 Å². The zero-order chi connectivity index (χ0) is 13.2. The third kappa shape index (κ3) is 2.02. The lowest BCUT2D eigenvalue weighted by Crippen LogP contribution is -1.96. The summed E-state index contributed by atoms with van der Waals surface area (Å²) < 4.78 is 0. The SMILES string of the molecule is NCc1ccc(-c2cccc3ncnc(N)c23)cc1. The number of fused-ring (bicyclic) bond motifs is 1. The molecule has 0 atom stereocenters. The summed E-state index contributed by atoms with van der Waals surface area (Å²) in [6.45, 7) is 0.543. The zero-order valence-corrected chi connectivity index (χ0v) is 10.4. The van der Waals surface area contributed by atoms with E-state index in [9.17, 15) is 0 Å². The second-order valence-electron chi connectivity index (χ2n) is 4.36. The molecule has 0 aliphatic heterocycles. The van der Waals surface area contributed by atoms with Crippen molar-refractivity contribution in [3.05, 3.63) is 54.4 Å². The third-order valence-electron chi connectivity index (χ3n) is 3.19. The molecule has 3 aromatic rings. The molecular formula is C15H14N4. The van der Waals surface area contributed by atoms with Crippen molar-refractivity contribution in [2.45, 2.75) is 6.54 Å². The number of benzene rings is 2. The molecule has 0 bridgehead atoms. The number of nitrogens with zero attached hydrogens (tertiary/aromatic N) is 2. The summed E-state index contributed by atoms with van der Waals surface area (Å²) >= 11 is 0. The van der Waals surface area contributed by atoms with Gasteiger partial charge in [0.25, 0.3) is 0 Å². The molecular weight excluding hydrogens is 236 g/mol. The Morgan fingerprint density at radius 2 is 1.74 bits per heavy atom. The van der Waals surface area contributed by atoms with Crippen LogP contribution in [0.1, 0.15) is 5.56 Å². The van der Waals surface area contributed by atoms with Gasteiger partial charge in [-0.1, -0.05) is 36.4 Å². The molecule has 0 fully saturated rings. The lowest BCUT2D eigenvalue weighted by atomic mass is 10.00. The maximum absolute atomic E-state index is 5.98. The highest BCUT2D eigenvalue weighted by Gasteiger charge is 2.08. The second-order valence-corrected chi connectivity index (χ2v) is 4.36. The van der Waals surface area contributed by atoms with Crippen LogP contribution < -0.4 is 11.5 Å². The number of anilines is 1. The predicted molar refractivity (Wildman–Crippen MR) is 77.3 cm³/mol. The molecule has 0 saturated heterocycles. The Kier molecular flexibility index (Phi) is 2.85. The minimum Gasteiger partial charge on any atom is -0.383 e. The molecule has 0 radical (unpaired) electrons. The number of rotatable bonds is 2. The number of hydrogen-bond donors (Lipinski definition) is 2.